The van der Waals surface area contributed by atoms with Gasteiger partial charge in [-0.2, -0.15) is 0 Å². The van der Waals surface area contributed by atoms with Crippen molar-refractivity contribution < 1.29 is 73.5 Å². The standard InChI is InChI=1S/C10H16N2.2Na.HO3P/c1-5-11(6-2)9-10-12(7-3)8-4;;;1-4(2)3/h5-8H,1-4,9-10H2;;;(H,1,2,3)/q;2*+1;/p-1. The van der Waals surface area contributed by atoms with Crippen LogP contribution >= 0.6 is 8.25 Å². The van der Waals surface area contributed by atoms with Gasteiger partial charge >= 0.3 is 59.1 Å². The Hall–Kier alpha value is 0.580. The van der Waals surface area contributed by atoms with Crippen LogP contribution < -0.4 is 68.9 Å². The fourth-order valence-electron chi connectivity index (χ4n) is 0.745. The van der Waals surface area contributed by atoms with Crippen LogP contribution in [0.3, 0.4) is 0 Å². The van der Waals surface area contributed by atoms with Crippen molar-refractivity contribution in [2.24, 2.45) is 0 Å². The minimum Gasteiger partial charge on any atom is -0.598 e. The van der Waals surface area contributed by atoms with E-state index in [4.69, 9.17) is 14.4 Å². The first-order chi connectivity index (χ1) is 7.51. The third-order valence-corrected chi connectivity index (χ3v) is 1.55. The molecule has 0 heterocycles. The molecule has 0 saturated carbocycles. The maximum atomic E-state index is 8.48. The average Bonchev–Trinajstić information content (AvgIpc) is 2.24. The SMILES string of the molecule is C=CN(C=C)CCN(C=C)C=C.O=[P+]([O-])[O-].[Na+].[Na+]. The predicted molar refractivity (Wildman–Crippen MR) is 61.8 cm³/mol. The second kappa shape index (κ2) is 19.9. The quantitative estimate of drug-likeness (QED) is 0.345. The van der Waals surface area contributed by atoms with E-state index >= 15 is 0 Å². The topological polar surface area (TPSA) is 69.7 Å². The van der Waals surface area contributed by atoms with Gasteiger partial charge in [-0.15, -0.1) is 0 Å². The van der Waals surface area contributed by atoms with Gasteiger partial charge in [-0.1, -0.05) is 30.9 Å². The maximum Gasteiger partial charge on any atom is 1.00 e. The number of hydrogen-bond acceptors (Lipinski definition) is 5. The predicted octanol–water partition coefficient (Wildman–Crippen LogP) is -5.46. The minimum atomic E-state index is -3.37. The summed E-state index contributed by atoms with van der Waals surface area (Å²) in [7, 11) is -3.37. The molecule has 0 unspecified atom stereocenters. The molecular weight excluding hydrogens is 273 g/mol. The monoisotopic (exact) mass is 289 g/mol. The van der Waals surface area contributed by atoms with Crippen LogP contribution in [-0.4, -0.2) is 22.9 Å². The molecule has 0 saturated heterocycles. The Kier molecular flexibility index (Phi) is 29.9. The first kappa shape index (κ1) is 27.0. The summed E-state index contributed by atoms with van der Waals surface area (Å²) in [5.74, 6) is 0. The Balaban J connectivity index is -0.000000143. The zero-order valence-corrected chi connectivity index (χ0v) is 16.0. The molecule has 0 aromatic carbocycles. The molecule has 0 aliphatic heterocycles. The summed E-state index contributed by atoms with van der Waals surface area (Å²) in [6.45, 7) is 16.3. The molecule has 0 aromatic rings. The van der Waals surface area contributed by atoms with E-state index in [0.717, 1.165) is 13.1 Å². The third-order valence-electron chi connectivity index (χ3n) is 1.55. The molecule has 0 aliphatic carbocycles. The molecule has 0 radical (unpaired) electrons. The third kappa shape index (κ3) is 21.8. The molecule has 18 heavy (non-hydrogen) atoms. The van der Waals surface area contributed by atoms with Crippen molar-refractivity contribution in [3.8, 4) is 0 Å². The van der Waals surface area contributed by atoms with Crippen LogP contribution in [0.15, 0.2) is 51.1 Å². The summed E-state index contributed by atoms with van der Waals surface area (Å²) in [5, 5.41) is 0. The van der Waals surface area contributed by atoms with E-state index in [2.05, 4.69) is 26.3 Å². The fourth-order valence-corrected chi connectivity index (χ4v) is 0.745. The molecule has 8 heteroatoms. The van der Waals surface area contributed by atoms with Gasteiger partial charge < -0.3 is 19.6 Å². The Labute approximate surface area is 154 Å². The molecular formula is C10H16N2Na2O3P+. The van der Waals surface area contributed by atoms with Crippen LogP contribution in [0.2, 0.25) is 0 Å². The zero-order chi connectivity index (χ0) is 13.0. The summed E-state index contributed by atoms with van der Waals surface area (Å²) in [4.78, 5) is 20.8. The van der Waals surface area contributed by atoms with Crippen molar-refractivity contribution in [3.63, 3.8) is 0 Å². The Morgan fingerprint density at radius 2 is 1.00 bits per heavy atom. The van der Waals surface area contributed by atoms with Crippen molar-refractivity contribution in [3.05, 3.63) is 51.1 Å². The van der Waals surface area contributed by atoms with Gasteiger partial charge in [0.1, 0.15) is 0 Å². The van der Waals surface area contributed by atoms with Gasteiger partial charge in [-0.3, -0.25) is 0 Å². The van der Waals surface area contributed by atoms with Gasteiger partial charge in [-0.25, -0.2) is 0 Å². The summed E-state index contributed by atoms with van der Waals surface area (Å²) in [6.07, 6.45) is 6.93. The van der Waals surface area contributed by atoms with Crippen LogP contribution in [0.4, 0.5) is 0 Å². The van der Waals surface area contributed by atoms with Gasteiger partial charge in [-0.05, 0) is 24.8 Å². The van der Waals surface area contributed by atoms with Crippen molar-refractivity contribution >= 4 is 8.25 Å². The van der Waals surface area contributed by atoms with Crippen LogP contribution in [0.5, 0.6) is 0 Å². The summed E-state index contributed by atoms with van der Waals surface area (Å²) >= 11 is 0. The van der Waals surface area contributed by atoms with E-state index in [1.165, 1.54) is 0 Å². The van der Waals surface area contributed by atoms with Crippen LogP contribution in [0.1, 0.15) is 0 Å². The van der Waals surface area contributed by atoms with Crippen LogP contribution in [0.25, 0.3) is 0 Å². The van der Waals surface area contributed by atoms with Crippen molar-refractivity contribution in [2.75, 3.05) is 13.1 Å². The van der Waals surface area contributed by atoms with Gasteiger partial charge in [0.15, 0.2) is 0 Å². The molecule has 90 valence electrons. The van der Waals surface area contributed by atoms with Crippen LogP contribution in [-0.2, 0) is 4.57 Å². The van der Waals surface area contributed by atoms with Gasteiger partial charge in [0.25, 0.3) is 8.25 Å². The van der Waals surface area contributed by atoms with Gasteiger partial charge in [0.05, 0.1) is 0 Å². The summed E-state index contributed by atoms with van der Waals surface area (Å²) in [5.41, 5.74) is 0. The number of nitrogens with zero attached hydrogens (tertiary/aromatic N) is 2. The zero-order valence-electron chi connectivity index (χ0n) is 11.1. The van der Waals surface area contributed by atoms with E-state index in [-0.39, 0.29) is 59.1 Å². The van der Waals surface area contributed by atoms with Gasteiger partial charge in [0, 0.05) is 13.1 Å². The fraction of sp³-hybridized carbons (Fsp3) is 0.200. The van der Waals surface area contributed by atoms with E-state index < -0.39 is 8.25 Å². The molecule has 0 rings (SSSR count). The molecule has 5 nitrogen and oxygen atoms in total. The van der Waals surface area contributed by atoms with Crippen LogP contribution in [0, 0.1) is 0 Å². The first-order valence-corrected chi connectivity index (χ1v) is 5.44. The van der Waals surface area contributed by atoms with E-state index in [1.54, 1.807) is 24.8 Å². The average molecular weight is 289 g/mol. The second-order valence-electron chi connectivity index (χ2n) is 2.43. The molecule has 0 spiro atoms. The molecule has 0 amide bonds. The summed E-state index contributed by atoms with van der Waals surface area (Å²) < 4.78 is 8.48. The molecule has 0 aliphatic rings. The largest absolute Gasteiger partial charge is 1.00 e. The molecule has 0 atom stereocenters. The molecule has 0 aromatic heterocycles. The Bertz CT molecular complexity index is 226. The number of hydrogen-bond donors (Lipinski definition) is 0. The second-order valence-corrected chi connectivity index (χ2v) is 2.88. The van der Waals surface area contributed by atoms with Crippen molar-refractivity contribution in [1.82, 2.24) is 9.80 Å². The Morgan fingerprint density at radius 3 is 1.11 bits per heavy atom. The Morgan fingerprint density at radius 1 is 0.833 bits per heavy atom. The normalized spacial score (nSPS) is 7.00. The van der Waals surface area contributed by atoms with Crippen molar-refractivity contribution in [2.45, 2.75) is 0 Å². The maximum absolute atomic E-state index is 8.48. The van der Waals surface area contributed by atoms with Crippen molar-refractivity contribution in [1.29, 1.82) is 0 Å². The summed E-state index contributed by atoms with van der Waals surface area (Å²) in [6, 6.07) is 0. The molecule has 0 N–H and O–H groups in total. The molecule has 0 bridgehead atoms. The molecule has 0 fully saturated rings. The smallest absolute Gasteiger partial charge is 0.598 e. The van der Waals surface area contributed by atoms with E-state index in [0.29, 0.717) is 0 Å². The van der Waals surface area contributed by atoms with E-state index in [9.17, 15) is 0 Å². The minimum absolute atomic E-state index is 0. The first-order valence-electron chi connectivity index (χ1n) is 4.35. The van der Waals surface area contributed by atoms with E-state index in [1.807, 2.05) is 9.80 Å². The number of rotatable bonds is 7. The van der Waals surface area contributed by atoms with Gasteiger partial charge in [0.2, 0.25) is 0 Å².